The quantitative estimate of drug-likeness (QED) is 0.924. The molecule has 0 aliphatic carbocycles. The molecule has 0 aliphatic heterocycles. The van der Waals surface area contributed by atoms with Crippen LogP contribution in [0.3, 0.4) is 0 Å². The first kappa shape index (κ1) is 15.8. The Hall–Kier alpha value is -2.57. The van der Waals surface area contributed by atoms with E-state index < -0.39 is 6.36 Å². The number of carbonyl (C=O) groups is 1. The molecule has 0 aliphatic rings. The summed E-state index contributed by atoms with van der Waals surface area (Å²) in [5, 5.41) is 2.71. The summed E-state index contributed by atoms with van der Waals surface area (Å²) in [4.78, 5) is 15.6. The van der Waals surface area contributed by atoms with Crippen LogP contribution in [0.5, 0.6) is 5.75 Å². The van der Waals surface area contributed by atoms with Crippen LogP contribution in [0.1, 0.15) is 15.9 Å². The Balaban J connectivity index is 1.81. The van der Waals surface area contributed by atoms with Crippen molar-refractivity contribution >= 4 is 5.91 Å². The molecule has 0 spiro atoms. The number of pyridine rings is 1. The summed E-state index contributed by atoms with van der Waals surface area (Å²) < 4.78 is 39.8. The van der Waals surface area contributed by atoms with E-state index in [1.807, 2.05) is 0 Å². The van der Waals surface area contributed by atoms with E-state index in [0.29, 0.717) is 18.5 Å². The number of ether oxygens (including phenoxy) is 1. The Labute approximate surface area is 124 Å². The van der Waals surface area contributed by atoms with Crippen LogP contribution in [-0.4, -0.2) is 23.8 Å². The molecule has 116 valence electrons. The average molecular weight is 310 g/mol. The largest absolute Gasteiger partial charge is 0.573 e. The Bertz CT molecular complexity index is 613. The second-order valence-corrected chi connectivity index (χ2v) is 4.44. The molecule has 1 N–H and O–H groups in total. The number of amides is 1. The molecule has 0 fully saturated rings. The third kappa shape index (κ3) is 5.08. The summed E-state index contributed by atoms with van der Waals surface area (Å²) in [6, 6.07) is 8.84. The van der Waals surface area contributed by atoms with E-state index in [-0.39, 0.29) is 11.7 Å². The van der Waals surface area contributed by atoms with Gasteiger partial charge in [0.05, 0.1) is 5.56 Å². The van der Waals surface area contributed by atoms with E-state index in [9.17, 15) is 18.0 Å². The molecule has 1 amide bonds. The van der Waals surface area contributed by atoms with Gasteiger partial charge in [0.2, 0.25) is 0 Å². The van der Waals surface area contributed by atoms with Gasteiger partial charge >= 0.3 is 6.36 Å². The molecular formula is C15H13F3N2O2. The third-order valence-corrected chi connectivity index (χ3v) is 2.78. The Kier molecular flexibility index (Phi) is 4.98. The Morgan fingerprint density at radius 2 is 1.91 bits per heavy atom. The summed E-state index contributed by atoms with van der Waals surface area (Å²) in [7, 11) is 0. The third-order valence-electron chi connectivity index (χ3n) is 2.78. The number of nitrogens with one attached hydrogen (secondary N) is 1. The van der Waals surface area contributed by atoms with Crippen molar-refractivity contribution in [1.29, 1.82) is 0 Å². The van der Waals surface area contributed by atoms with Crippen LogP contribution in [0.4, 0.5) is 13.2 Å². The molecule has 7 heteroatoms. The fourth-order valence-corrected chi connectivity index (χ4v) is 1.78. The smallest absolute Gasteiger partial charge is 0.406 e. The van der Waals surface area contributed by atoms with Crippen molar-refractivity contribution in [3.8, 4) is 5.75 Å². The maximum Gasteiger partial charge on any atom is 0.573 e. The minimum Gasteiger partial charge on any atom is -0.406 e. The highest BCUT2D eigenvalue weighted by molar-refractivity contribution is 5.93. The van der Waals surface area contributed by atoms with Crippen molar-refractivity contribution < 1.29 is 22.7 Å². The summed E-state index contributed by atoms with van der Waals surface area (Å²) in [6.45, 7) is 0.368. The number of aromatic nitrogens is 1. The number of rotatable bonds is 5. The molecule has 2 rings (SSSR count). The molecule has 1 aromatic heterocycles. The van der Waals surface area contributed by atoms with Crippen molar-refractivity contribution in [1.82, 2.24) is 10.3 Å². The van der Waals surface area contributed by atoms with Crippen LogP contribution in [0, 0.1) is 0 Å². The summed E-state index contributed by atoms with van der Waals surface area (Å²) in [5.41, 5.74) is 1.25. The molecule has 0 unspecified atom stereocenters. The SMILES string of the molecule is O=C(NCCc1ccc(OC(F)(F)F)cc1)c1cccnc1. The Morgan fingerprint density at radius 3 is 2.50 bits per heavy atom. The molecule has 0 atom stereocenters. The summed E-state index contributed by atoms with van der Waals surface area (Å²) >= 11 is 0. The van der Waals surface area contributed by atoms with E-state index in [0.717, 1.165) is 5.56 Å². The molecule has 0 saturated carbocycles. The maximum absolute atomic E-state index is 12.0. The average Bonchev–Trinajstić information content (AvgIpc) is 2.48. The minimum atomic E-state index is -4.70. The lowest BCUT2D eigenvalue weighted by Gasteiger charge is -2.09. The van der Waals surface area contributed by atoms with Gasteiger partial charge < -0.3 is 10.1 Å². The van der Waals surface area contributed by atoms with Crippen molar-refractivity contribution in [2.75, 3.05) is 6.54 Å². The summed E-state index contributed by atoms with van der Waals surface area (Å²) in [6.07, 6.45) is -1.17. The standard InChI is InChI=1S/C15H13F3N2O2/c16-15(17,18)22-13-5-3-11(4-6-13)7-9-20-14(21)12-2-1-8-19-10-12/h1-6,8,10H,7,9H2,(H,20,21). The predicted octanol–water partition coefficient (Wildman–Crippen LogP) is 2.95. The zero-order valence-corrected chi connectivity index (χ0v) is 11.4. The van der Waals surface area contributed by atoms with Gasteiger partial charge in [-0.05, 0) is 36.2 Å². The van der Waals surface area contributed by atoms with Crippen molar-refractivity contribution in [2.45, 2.75) is 12.8 Å². The number of carbonyl (C=O) groups excluding carboxylic acids is 1. The first-order valence-electron chi connectivity index (χ1n) is 6.47. The molecule has 22 heavy (non-hydrogen) atoms. The minimum absolute atomic E-state index is 0.245. The van der Waals surface area contributed by atoms with E-state index in [4.69, 9.17) is 0 Å². The summed E-state index contributed by atoms with van der Waals surface area (Å²) in [5.74, 6) is -0.513. The van der Waals surface area contributed by atoms with Crippen molar-refractivity contribution in [3.63, 3.8) is 0 Å². The number of nitrogens with zero attached hydrogens (tertiary/aromatic N) is 1. The molecular weight excluding hydrogens is 297 g/mol. The lowest BCUT2D eigenvalue weighted by Crippen LogP contribution is -2.25. The first-order valence-corrected chi connectivity index (χ1v) is 6.47. The number of benzene rings is 1. The van der Waals surface area contributed by atoms with Gasteiger partial charge in [0.15, 0.2) is 0 Å². The van der Waals surface area contributed by atoms with Gasteiger partial charge in [-0.2, -0.15) is 0 Å². The van der Waals surface area contributed by atoms with Crippen LogP contribution in [-0.2, 0) is 6.42 Å². The van der Waals surface area contributed by atoms with E-state index in [1.165, 1.54) is 30.5 Å². The number of hydrogen-bond acceptors (Lipinski definition) is 3. The maximum atomic E-state index is 12.0. The van der Waals surface area contributed by atoms with Gasteiger partial charge in [-0.3, -0.25) is 9.78 Å². The molecule has 1 heterocycles. The highest BCUT2D eigenvalue weighted by Crippen LogP contribution is 2.22. The van der Waals surface area contributed by atoms with Gasteiger partial charge in [-0.1, -0.05) is 12.1 Å². The Morgan fingerprint density at radius 1 is 1.18 bits per heavy atom. The van der Waals surface area contributed by atoms with Crippen LogP contribution >= 0.6 is 0 Å². The van der Waals surface area contributed by atoms with Gasteiger partial charge in [0, 0.05) is 18.9 Å². The fourth-order valence-electron chi connectivity index (χ4n) is 1.78. The van der Waals surface area contributed by atoms with Gasteiger partial charge in [0.1, 0.15) is 5.75 Å². The van der Waals surface area contributed by atoms with Crippen LogP contribution in [0.25, 0.3) is 0 Å². The monoisotopic (exact) mass is 310 g/mol. The number of halogens is 3. The van der Waals surface area contributed by atoms with Crippen molar-refractivity contribution in [3.05, 3.63) is 59.9 Å². The first-order chi connectivity index (χ1) is 10.4. The lowest BCUT2D eigenvalue weighted by atomic mass is 10.1. The van der Waals surface area contributed by atoms with Gasteiger partial charge in [-0.25, -0.2) is 0 Å². The van der Waals surface area contributed by atoms with Crippen LogP contribution in [0.2, 0.25) is 0 Å². The van der Waals surface area contributed by atoms with E-state index >= 15 is 0 Å². The number of alkyl halides is 3. The zero-order chi connectivity index (χ0) is 16.0. The molecule has 0 radical (unpaired) electrons. The molecule has 4 nitrogen and oxygen atoms in total. The van der Waals surface area contributed by atoms with Crippen LogP contribution in [0.15, 0.2) is 48.8 Å². The van der Waals surface area contributed by atoms with Gasteiger partial charge in [-0.15, -0.1) is 13.2 Å². The lowest BCUT2D eigenvalue weighted by molar-refractivity contribution is -0.274. The highest BCUT2D eigenvalue weighted by Gasteiger charge is 2.30. The second-order valence-electron chi connectivity index (χ2n) is 4.44. The molecule has 1 aromatic carbocycles. The van der Waals surface area contributed by atoms with Crippen LogP contribution < -0.4 is 10.1 Å². The number of hydrogen-bond donors (Lipinski definition) is 1. The zero-order valence-electron chi connectivity index (χ0n) is 11.4. The normalized spacial score (nSPS) is 11.0. The topological polar surface area (TPSA) is 51.2 Å². The molecule has 0 bridgehead atoms. The molecule has 2 aromatic rings. The van der Waals surface area contributed by atoms with E-state index in [2.05, 4.69) is 15.0 Å². The fraction of sp³-hybridized carbons (Fsp3) is 0.200. The van der Waals surface area contributed by atoms with Crippen molar-refractivity contribution in [2.24, 2.45) is 0 Å². The van der Waals surface area contributed by atoms with Gasteiger partial charge in [0.25, 0.3) is 5.91 Å². The second kappa shape index (κ2) is 6.93. The predicted molar refractivity (Wildman–Crippen MR) is 73.4 cm³/mol. The van der Waals surface area contributed by atoms with E-state index in [1.54, 1.807) is 18.3 Å². The highest BCUT2D eigenvalue weighted by atomic mass is 19.4. The molecule has 0 saturated heterocycles.